The number of rotatable bonds is 2. The van der Waals surface area contributed by atoms with Crippen molar-refractivity contribution in [2.75, 3.05) is 13.2 Å². The Morgan fingerprint density at radius 1 is 1.16 bits per heavy atom. The number of nitrogens with one attached hydrogen (secondary N) is 1. The summed E-state index contributed by atoms with van der Waals surface area (Å²) < 4.78 is 11.2. The quantitative estimate of drug-likeness (QED) is 0.869. The Hall–Kier alpha value is -2.43. The molecule has 5 heteroatoms. The van der Waals surface area contributed by atoms with Crippen molar-refractivity contribution in [3.8, 4) is 22.6 Å². The van der Waals surface area contributed by atoms with Gasteiger partial charge in [0.1, 0.15) is 5.69 Å². The van der Waals surface area contributed by atoms with Gasteiger partial charge < -0.3 is 19.6 Å². The van der Waals surface area contributed by atoms with Crippen LogP contribution in [0.4, 0.5) is 0 Å². The van der Waals surface area contributed by atoms with Crippen LogP contribution >= 0.6 is 0 Å². The summed E-state index contributed by atoms with van der Waals surface area (Å²) in [6.07, 6.45) is 2.45. The number of hydrogen-bond acceptors (Lipinski definition) is 3. The van der Waals surface area contributed by atoms with Crippen LogP contribution in [0.5, 0.6) is 11.5 Å². The first-order chi connectivity index (χ1) is 9.25. The lowest BCUT2D eigenvalue weighted by molar-refractivity contribution is 0.0692. The van der Waals surface area contributed by atoms with E-state index in [-0.39, 0.29) is 5.69 Å². The largest absolute Gasteiger partial charge is 0.490 e. The standard InChI is InChI=1S/C14H13NO4/c16-14(17)13-10(4-5-15-13)9-2-3-11-12(8-9)19-7-1-6-18-11/h2-5,8,15H,1,6-7H2,(H,16,17). The molecule has 0 saturated heterocycles. The Kier molecular flexibility index (Phi) is 2.87. The lowest BCUT2D eigenvalue weighted by Gasteiger charge is -2.09. The molecule has 1 aromatic carbocycles. The Bertz CT molecular complexity index is 618. The number of hydrogen-bond donors (Lipinski definition) is 2. The molecule has 0 radical (unpaired) electrons. The maximum atomic E-state index is 11.1. The van der Waals surface area contributed by atoms with E-state index in [0.29, 0.717) is 30.3 Å². The molecule has 0 atom stereocenters. The summed E-state index contributed by atoms with van der Waals surface area (Å²) in [5.74, 6) is 0.383. The topological polar surface area (TPSA) is 71.5 Å². The maximum Gasteiger partial charge on any atom is 0.352 e. The Balaban J connectivity index is 2.04. The number of benzene rings is 1. The first-order valence-electron chi connectivity index (χ1n) is 6.06. The van der Waals surface area contributed by atoms with E-state index in [1.54, 1.807) is 12.3 Å². The van der Waals surface area contributed by atoms with Crippen molar-refractivity contribution in [3.63, 3.8) is 0 Å². The molecule has 0 spiro atoms. The molecule has 98 valence electrons. The molecule has 0 fully saturated rings. The zero-order valence-corrected chi connectivity index (χ0v) is 10.2. The second-order valence-corrected chi connectivity index (χ2v) is 4.28. The van der Waals surface area contributed by atoms with Gasteiger partial charge in [0.15, 0.2) is 11.5 Å². The number of carboxylic acids is 1. The van der Waals surface area contributed by atoms with E-state index in [9.17, 15) is 4.79 Å². The summed E-state index contributed by atoms with van der Waals surface area (Å²) in [4.78, 5) is 13.8. The highest BCUT2D eigenvalue weighted by Crippen LogP contribution is 2.35. The van der Waals surface area contributed by atoms with Gasteiger partial charge in [0.2, 0.25) is 0 Å². The van der Waals surface area contributed by atoms with Crippen molar-refractivity contribution in [2.45, 2.75) is 6.42 Å². The molecular weight excluding hydrogens is 246 g/mol. The van der Waals surface area contributed by atoms with E-state index in [1.165, 1.54) is 0 Å². The van der Waals surface area contributed by atoms with E-state index in [1.807, 2.05) is 18.2 Å². The smallest absolute Gasteiger partial charge is 0.352 e. The van der Waals surface area contributed by atoms with Crippen LogP contribution in [0.25, 0.3) is 11.1 Å². The molecule has 0 bridgehead atoms. The van der Waals surface area contributed by atoms with Gasteiger partial charge in [-0.3, -0.25) is 0 Å². The Morgan fingerprint density at radius 2 is 1.95 bits per heavy atom. The van der Waals surface area contributed by atoms with Crippen molar-refractivity contribution in [1.82, 2.24) is 4.98 Å². The predicted molar refractivity (Wildman–Crippen MR) is 68.8 cm³/mol. The molecule has 19 heavy (non-hydrogen) atoms. The van der Waals surface area contributed by atoms with Crippen molar-refractivity contribution in [2.24, 2.45) is 0 Å². The van der Waals surface area contributed by atoms with Crippen LogP contribution in [0, 0.1) is 0 Å². The fourth-order valence-corrected chi connectivity index (χ4v) is 2.12. The summed E-state index contributed by atoms with van der Waals surface area (Å²) >= 11 is 0. The Morgan fingerprint density at radius 3 is 2.74 bits per heavy atom. The summed E-state index contributed by atoms with van der Waals surface area (Å²) in [6.45, 7) is 1.24. The highest BCUT2D eigenvalue weighted by atomic mass is 16.5. The van der Waals surface area contributed by atoms with E-state index in [4.69, 9.17) is 14.6 Å². The van der Waals surface area contributed by atoms with Gasteiger partial charge in [0.25, 0.3) is 0 Å². The van der Waals surface area contributed by atoms with Crippen LogP contribution in [0.15, 0.2) is 30.5 Å². The number of aromatic carboxylic acids is 1. The molecule has 5 nitrogen and oxygen atoms in total. The minimum absolute atomic E-state index is 0.175. The maximum absolute atomic E-state index is 11.1. The minimum Gasteiger partial charge on any atom is -0.490 e. The van der Waals surface area contributed by atoms with Gasteiger partial charge in [-0.05, 0) is 23.8 Å². The second-order valence-electron chi connectivity index (χ2n) is 4.28. The molecule has 0 unspecified atom stereocenters. The van der Waals surface area contributed by atoms with Crippen molar-refractivity contribution in [3.05, 3.63) is 36.2 Å². The monoisotopic (exact) mass is 259 g/mol. The molecule has 0 saturated carbocycles. The fraction of sp³-hybridized carbons (Fsp3) is 0.214. The average molecular weight is 259 g/mol. The molecule has 2 aromatic rings. The SMILES string of the molecule is O=C(O)c1[nH]ccc1-c1ccc2c(c1)OCCCO2. The first-order valence-corrected chi connectivity index (χ1v) is 6.06. The molecule has 0 aliphatic carbocycles. The highest BCUT2D eigenvalue weighted by molar-refractivity contribution is 5.94. The third kappa shape index (κ3) is 2.14. The molecule has 3 rings (SSSR count). The molecule has 2 N–H and O–H groups in total. The van der Waals surface area contributed by atoms with Gasteiger partial charge in [-0.1, -0.05) is 6.07 Å². The zero-order valence-electron chi connectivity index (χ0n) is 10.2. The Labute approximate surface area is 109 Å². The minimum atomic E-state index is -0.980. The van der Waals surface area contributed by atoms with Gasteiger partial charge in [-0.25, -0.2) is 4.79 Å². The highest BCUT2D eigenvalue weighted by Gasteiger charge is 2.16. The lowest BCUT2D eigenvalue weighted by atomic mass is 10.1. The van der Waals surface area contributed by atoms with Gasteiger partial charge in [-0.15, -0.1) is 0 Å². The second kappa shape index (κ2) is 4.68. The number of aromatic nitrogens is 1. The van der Waals surface area contributed by atoms with Crippen molar-refractivity contribution >= 4 is 5.97 Å². The van der Waals surface area contributed by atoms with Crippen LogP contribution in [0.1, 0.15) is 16.9 Å². The molecule has 1 aliphatic heterocycles. The molecule has 2 heterocycles. The summed E-state index contributed by atoms with van der Waals surface area (Å²) in [6, 6.07) is 7.21. The van der Waals surface area contributed by atoms with E-state index < -0.39 is 5.97 Å². The first kappa shape index (κ1) is 11.6. The number of carbonyl (C=O) groups is 1. The number of aromatic amines is 1. The number of ether oxygens (including phenoxy) is 2. The van der Waals surface area contributed by atoms with E-state index in [0.717, 1.165) is 12.0 Å². The number of fused-ring (bicyclic) bond motifs is 1. The van der Waals surface area contributed by atoms with Gasteiger partial charge in [-0.2, -0.15) is 0 Å². The lowest BCUT2D eigenvalue weighted by Crippen LogP contribution is -1.99. The molecular formula is C14H13NO4. The third-order valence-electron chi connectivity index (χ3n) is 3.02. The van der Waals surface area contributed by atoms with E-state index >= 15 is 0 Å². The number of carboxylic acid groups (broad SMARTS) is 1. The molecule has 0 amide bonds. The summed E-state index contributed by atoms with van der Waals surface area (Å²) in [7, 11) is 0. The van der Waals surface area contributed by atoms with Gasteiger partial charge >= 0.3 is 5.97 Å². The van der Waals surface area contributed by atoms with Gasteiger partial charge in [0, 0.05) is 18.2 Å². The third-order valence-corrected chi connectivity index (χ3v) is 3.02. The van der Waals surface area contributed by atoms with Crippen LogP contribution in [0.3, 0.4) is 0 Å². The van der Waals surface area contributed by atoms with Crippen LogP contribution in [-0.2, 0) is 0 Å². The van der Waals surface area contributed by atoms with Gasteiger partial charge in [0.05, 0.1) is 13.2 Å². The normalized spacial score (nSPS) is 13.9. The summed E-state index contributed by atoms with van der Waals surface area (Å²) in [5, 5.41) is 9.11. The predicted octanol–water partition coefficient (Wildman–Crippen LogP) is 2.54. The number of H-pyrrole nitrogens is 1. The summed E-state index contributed by atoms with van der Waals surface area (Å²) in [5.41, 5.74) is 1.61. The van der Waals surface area contributed by atoms with Crippen LogP contribution in [-0.4, -0.2) is 29.3 Å². The van der Waals surface area contributed by atoms with Crippen molar-refractivity contribution in [1.29, 1.82) is 0 Å². The van der Waals surface area contributed by atoms with Crippen LogP contribution in [0.2, 0.25) is 0 Å². The van der Waals surface area contributed by atoms with E-state index in [2.05, 4.69) is 4.98 Å². The average Bonchev–Trinajstić information content (AvgIpc) is 2.78. The molecule has 1 aromatic heterocycles. The fourth-order valence-electron chi connectivity index (χ4n) is 2.12. The van der Waals surface area contributed by atoms with Crippen molar-refractivity contribution < 1.29 is 19.4 Å². The van der Waals surface area contributed by atoms with Crippen LogP contribution < -0.4 is 9.47 Å². The zero-order chi connectivity index (χ0) is 13.2. The molecule has 1 aliphatic rings.